The van der Waals surface area contributed by atoms with Crippen LogP contribution in [0.4, 0.5) is 0 Å². The maximum atomic E-state index is 11.8. The molecule has 0 aromatic rings. The highest BCUT2D eigenvalue weighted by molar-refractivity contribution is 5.91. The molecule has 0 bridgehead atoms. The number of rotatable bonds is 1. The van der Waals surface area contributed by atoms with Crippen molar-refractivity contribution in [2.24, 2.45) is 34.5 Å². The predicted octanol–water partition coefficient (Wildman–Crippen LogP) is 3.19. The summed E-state index contributed by atoms with van der Waals surface area (Å²) in [6, 6.07) is 0. The Morgan fingerprint density at radius 1 is 1.21 bits per heavy atom. The lowest BCUT2D eigenvalue weighted by atomic mass is 9.46. The molecular formula is C20H28O4. The van der Waals surface area contributed by atoms with Crippen molar-refractivity contribution in [2.45, 2.75) is 64.9 Å². The summed E-state index contributed by atoms with van der Waals surface area (Å²) in [6.07, 6.45) is 7.01. The summed E-state index contributed by atoms with van der Waals surface area (Å²) in [4.78, 5) is 23.6. The van der Waals surface area contributed by atoms with Gasteiger partial charge in [0.05, 0.1) is 12.0 Å². The molecule has 4 aliphatic rings. The number of hydrogen-bond donors (Lipinski definition) is 2. The summed E-state index contributed by atoms with van der Waals surface area (Å²) < 4.78 is 0. The van der Waals surface area contributed by atoms with Gasteiger partial charge in [0.1, 0.15) is 0 Å². The van der Waals surface area contributed by atoms with Gasteiger partial charge < -0.3 is 10.2 Å². The zero-order valence-electron chi connectivity index (χ0n) is 14.6. The summed E-state index contributed by atoms with van der Waals surface area (Å²) in [7, 11) is 0. The topological polar surface area (TPSA) is 74.6 Å². The fourth-order valence-electron chi connectivity index (χ4n) is 7.09. The highest BCUT2D eigenvalue weighted by atomic mass is 16.4. The molecule has 0 spiro atoms. The summed E-state index contributed by atoms with van der Waals surface area (Å²) in [5, 5.41) is 20.7. The largest absolute Gasteiger partial charge is 0.481 e. The van der Waals surface area contributed by atoms with E-state index in [1.165, 1.54) is 5.57 Å². The first kappa shape index (κ1) is 16.3. The lowest BCUT2D eigenvalue weighted by Crippen LogP contribution is -2.57. The maximum Gasteiger partial charge on any atom is 0.307 e. The molecule has 0 radical (unpaired) electrons. The molecule has 3 saturated carbocycles. The Balaban J connectivity index is 1.72. The molecule has 132 valence electrons. The molecule has 0 aromatic carbocycles. The number of allylic oxidation sites excluding steroid dienone is 1. The van der Waals surface area contributed by atoms with E-state index in [-0.39, 0.29) is 28.4 Å². The smallest absolute Gasteiger partial charge is 0.307 e. The highest BCUT2D eigenvalue weighted by Crippen LogP contribution is 2.66. The number of carboxylic acids is 1. The zero-order chi connectivity index (χ0) is 17.3. The van der Waals surface area contributed by atoms with Gasteiger partial charge in [-0.05, 0) is 73.2 Å². The third-order valence-electron chi connectivity index (χ3n) is 8.19. The molecule has 4 nitrogen and oxygen atoms in total. The van der Waals surface area contributed by atoms with Gasteiger partial charge >= 0.3 is 5.97 Å². The van der Waals surface area contributed by atoms with E-state index in [0.29, 0.717) is 24.7 Å². The van der Waals surface area contributed by atoms with Gasteiger partial charge in [0.25, 0.3) is 0 Å². The molecule has 4 aliphatic carbocycles. The average molecular weight is 332 g/mol. The van der Waals surface area contributed by atoms with Crippen LogP contribution in [0.5, 0.6) is 0 Å². The minimum atomic E-state index is -0.698. The molecule has 0 aliphatic heterocycles. The normalized spacial score (nSPS) is 50.5. The number of ketones is 1. The number of carbonyl (C=O) groups excluding carboxylic acids is 1. The highest BCUT2D eigenvalue weighted by Gasteiger charge is 2.63. The molecule has 0 heterocycles. The summed E-state index contributed by atoms with van der Waals surface area (Å²) >= 11 is 0. The SMILES string of the molecule is CC12CCC(=O)C=C1CCC1C2C(O)CC2(C)C1CC[C@@H]2C(=O)O. The molecule has 4 heteroatoms. The van der Waals surface area contributed by atoms with E-state index in [1.807, 2.05) is 6.08 Å². The fraction of sp³-hybridized carbons (Fsp3) is 0.800. The molecule has 6 unspecified atom stereocenters. The molecule has 7 atom stereocenters. The second-order valence-electron chi connectivity index (χ2n) is 9.13. The molecule has 0 saturated heterocycles. The molecule has 0 amide bonds. The summed E-state index contributed by atoms with van der Waals surface area (Å²) in [6.45, 7) is 4.33. The van der Waals surface area contributed by atoms with Crippen molar-refractivity contribution < 1.29 is 19.8 Å². The van der Waals surface area contributed by atoms with E-state index in [2.05, 4.69) is 13.8 Å². The lowest BCUT2D eigenvalue weighted by Gasteiger charge is -2.59. The lowest BCUT2D eigenvalue weighted by molar-refractivity contribution is -0.158. The van der Waals surface area contributed by atoms with Crippen molar-refractivity contribution in [3.8, 4) is 0 Å². The molecule has 24 heavy (non-hydrogen) atoms. The molecule has 2 N–H and O–H groups in total. The van der Waals surface area contributed by atoms with Crippen LogP contribution < -0.4 is 0 Å². The van der Waals surface area contributed by atoms with Gasteiger partial charge in [0, 0.05) is 6.42 Å². The van der Waals surface area contributed by atoms with Crippen LogP contribution in [-0.2, 0) is 9.59 Å². The second-order valence-corrected chi connectivity index (χ2v) is 9.13. The van der Waals surface area contributed by atoms with Gasteiger partial charge in [-0.15, -0.1) is 0 Å². The van der Waals surface area contributed by atoms with E-state index in [1.54, 1.807) is 0 Å². The van der Waals surface area contributed by atoms with Crippen LogP contribution in [0.25, 0.3) is 0 Å². The number of aliphatic carboxylic acids is 1. The van der Waals surface area contributed by atoms with Crippen molar-refractivity contribution >= 4 is 11.8 Å². The standard InChI is InChI=1S/C20H28O4/c1-19-8-7-12(21)9-11(19)3-4-13-14-5-6-15(18(23)24)20(14,2)10-16(22)17(13)19/h9,13-17,22H,3-8,10H2,1-2H3,(H,23,24)/t13?,14?,15-,16?,17?,19?,20?/m1/s1. The molecule has 4 rings (SSSR count). The Bertz CT molecular complexity index is 623. The number of hydrogen-bond acceptors (Lipinski definition) is 3. The number of fused-ring (bicyclic) bond motifs is 5. The minimum Gasteiger partial charge on any atom is -0.481 e. The van der Waals surface area contributed by atoms with Crippen LogP contribution in [-0.4, -0.2) is 28.1 Å². The third kappa shape index (κ3) is 2.01. The van der Waals surface area contributed by atoms with Crippen LogP contribution in [0.2, 0.25) is 0 Å². The first-order chi connectivity index (χ1) is 11.3. The van der Waals surface area contributed by atoms with Gasteiger partial charge in [-0.3, -0.25) is 9.59 Å². The van der Waals surface area contributed by atoms with Crippen molar-refractivity contribution in [3.05, 3.63) is 11.6 Å². The van der Waals surface area contributed by atoms with Crippen LogP contribution in [0.1, 0.15) is 58.8 Å². The van der Waals surface area contributed by atoms with Crippen LogP contribution in [0.3, 0.4) is 0 Å². The Morgan fingerprint density at radius 2 is 1.96 bits per heavy atom. The molecule has 0 aromatic heterocycles. The molecule has 3 fully saturated rings. The van der Waals surface area contributed by atoms with Gasteiger partial charge in [-0.2, -0.15) is 0 Å². The summed E-state index contributed by atoms with van der Waals surface area (Å²) in [5.41, 5.74) is 0.864. The average Bonchev–Trinajstić information content (AvgIpc) is 2.84. The Labute approximate surface area is 143 Å². The number of carboxylic acid groups (broad SMARTS) is 1. The van der Waals surface area contributed by atoms with Crippen LogP contribution >= 0.6 is 0 Å². The Kier molecular flexibility index (Phi) is 3.51. The van der Waals surface area contributed by atoms with E-state index in [0.717, 1.165) is 32.1 Å². The van der Waals surface area contributed by atoms with Gasteiger partial charge in [0.15, 0.2) is 5.78 Å². The van der Waals surface area contributed by atoms with E-state index >= 15 is 0 Å². The predicted molar refractivity (Wildman–Crippen MR) is 89.2 cm³/mol. The van der Waals surface area contributed by atoms with Gasteiger partial charge in [-0.1, -0.05) is 19.4 Å². The third-order valence-corrected chi connectivity index (χ3v) is 8.19. The van der Waals surface area contributed by atoms with Crippen LogP contribution in [0.15, 0.2) is 11.6 Å². The minimum absolute atomic E-state index is 0.0844. The number of aliphatic hydroxyl groups excluding tert-OH is 1. The quantitative estimate of drug-likeness (QED) is 0.773. The second kappa shape index (κ2) is 5.17. The van der Waals surface area contributed by atoms with Gasteiger partial charge in [-0.25, -0.2) is 0 Å². The Morgan fingerprint density at radius 3 is 2.67 bits per heavy atom. The number of carbonyl (C=O) groups is 2. The maximum absolute atomic E-state index is 11.8. The van der Waals surface area contributed by atoms with Crippen LogP contribution in [0, 0.1) is 34.5 Å². The fourth-order valence-corrected chi connectivity index (χ4v) is 7.09. The monoisotopic (exact) mass is 332 g/mol. The van der Waals surface area contributed by atoms with Gasteiger partial charge in [0.2, 0.25) is 0 Å². The first-order valence-corrected chi connectivity index (χ1v) is 9.42. The van der Waals surface area contributed by atoms with Crippen molar-refractivity contribution in [2.75, 3.05) is 0 Å². The zero-order valence-corrected chi connectivity index (χ0v) is 14.6. The molecular weight excluding hydrogens is 304 g/mol. The summed E-state index contributed by atoms with van der Waals surface area (Å²) in [5.74, 6) is 0.160. The van der Waals surface area contributed by atoms with E-state index < -0.39 is 12.1 Å². The Hall–Kier alpha value is -1.16. The van der Waals surface area contributed by atoms with Crippen molar-refractivity contribution in [1.29, 1.82) is 0 Å². The van der Waals surface area contributed by atoms with E-state index in [9.17, 15) is 19.8 Å². The first-order valence-electron chi connectivity index (χ1n) is 9.42. The van der Waals surface area contributed by atoms with E-state index in [4.69, 9.17) is 0 Å². The van der Waals surface area contributed by atoms with Crippen molar-refractivity contribution in [3.63, 3.8) is 0 Å². The number of aliphatic hydroxyl groups is 1. The van der Waals surface area contributed by atoms with Crippen molar-refractivity contribution in [1.82, 2.24) is 0 Å².